The molecule has 1 heterocycles. The van der Waals surface area contributed by atoms with Crippen LogP contribution < -0.4 is 5.11 Å². The molecule has 4 aromatic rings. The van der Waals surface area contributed by atoms with Gasteiger partial charge in [0.25, 0.3) is 0 Å². The van der Waals surface area contributed by atoms with Crippen LogP contribution in [0.3, 0.4) is 0 Å². The predicted molar refractivity (Wildman–Crippen MR) is 92.1 cm³/mol. The van der Waals surface area contributed by atoms with Crippen LogP contribution in [0.5, 0.6) is 5.75 Å². The van der Waals surface area contributed by atoms with Crippen molar-refractivity contribution in [1.82, 2.24) is 0 Å². The summed E-state index contributed by atoms with van der Waals surface area (Å²) in [6, 6.07) is 25.9. The molecule has 0 radical (unpaired) electrons. The maximum atomic E-state index is 12.9. The third kappa shape index (κ3) is 2.18. The zero-order chi connectivity index (χ0) is 14.9. The van der Waals surface area contributed by atoms with Gasteiger partial charge in [0, 0.05) is 9.58 Å². The van der Waals surface area contributed by atoms with Gasteiger partial charge >= 0.3 is 0 Å². The average Bonchev–Trinajstić information content (AvgIpc) is 2.99. The molecule has 0 atom stereocenters. The van der Waals surface area contributed by atoms with Gasteiger partial charge < -0.3 is 5.11 Å². The van der Waals surface area contributed by atoms with Crippen molar-refractivity contribution in [2.45, 2.75) is 0 Å². The van der Waals surface area contributed by atoms with Crippen molar-refractivity contribution in [3.05, 3.63) is 78.9 Å². The lowest BCUT2D eigenvalue weighted by Gasteiger charge is -2.18. The average molecular weight is 301 g/mol. The Kier molecular flexibility index (Phi) is 3.17. The van der Waals surface area contributed by atoms with Crippen LogP contribution in [0, 0.1) is 0 Å². The molecule has 0 amide bonds. The van der Waals surface area contributed by atoms with E-state index < -0.39 is 0 Å². The van der Waals surface area contributed by atoms with Gasteiger partial charge in [-0.05, 0) is 34.2 Å². The second kappa shape index (κ2) is 5.32. The van der Waals surface area contributed by atoms with Crippen LogP contribution >= 0.6 is 11.3 Å². The Morgan fingerprint density at radius 2 is 1.41 bits per heavy atom. The van der Waals surface area contributed by atoms with E-state index in [1.807, 2.05) is 60.7 Å². The number of fused-ring (bicyclic) bond motifs is 1. The summed E-state index contributed by atoms with van der Waals surface area (Å²) in [5.41, 5.74) is 2.51. The highest BCUT2D eigenvalue weighted by atomic mass is 32.1. The molecular weight excluding hydrogens is 288 g/mol. The molecule has 0 spiro atoms. The number of rotatable bonds is 2. The maximum absolute atomic E-state index is 12.9. The first-order valence-electron chi connectivity index (χ1n) is 7.17. The van der Waals surface area contributed by atoms with Gasteiger partial charge in [-0.2, -0.15) is 0 Å². The van der Waals surface area contributed by atoms with E-state index in [1.54, 1.807) is 11.3 Å². The molecule has 0 saturated heterocycles. The van der Waals surface area contributed by atoms with Gasteiger partial charge in [-0.15, -0.1) is 11.3 Å². The molecule has 0 aliphatic carbocycles. The molecule has 1 nitrogen and oxygen atoms in total. The number of thiophene rings is 1. The van der Waals surface area contributed by atoms with Crippen molar-refractivity contribution >= 4 is 21.4 Å². The first-order valence-corrected chi connectivity index (χ1v) is 7.99. The molecule has 0 saturated carbocycles. The Labute approximate surface area is 133 Å². The number of benzene rings is 3. The minimum atomic E-state index is 0.0975. The molecule has 0 aliphatic rings. The molecule has 106 valence electrons. The topological polar surface area (TPSA) is 23.1 Å². The third-order valence-electron chi connectivity index (χ3n) is 3.79. The van der Waals surface area contributed by atoms with E-state index in [2.05, 4.69) is 18.2 Å². The first kappa shape index (κ1) is 13.1. The van der Waals surface area contributed by atoms with Gasteiger partial charge in [0.2, 0.25) is 0 Å². The lowest BCUT2D eigenvalue weighted by molar-refractivity contribution is -0.266. The Bertz CT molecular complexity index is 905. The van der Waals surface area contributed by atoms with E-state index in [0.717, 1.165) is 21.6 Å². The third-order valence-corrected chi connectivity index (χ3v) is 4.94. The van der Waals surface area contributed by atoms with E-state index in [0.29, 0.717) is 0 Å². The van der Waals surface area contributed by atoms with Crippen LogP contribution in [0.1, 0.15) is 0 Å². The zero-order valence-electron chi connectivity index (χ0n) is 11.8. The molecule has 0 aliphatic heterocycles. The summed E-state index contributed by atoms with van der Waals surface area (Å²) >= 11 is 1.67. The van der Waals surface area contributed by atoms with E-state index in [9.17, 15) is 5.11 Å². The van der Waals surface area contributed by atoms with Gasteiger partial charge in [0.15, 0.2) is 0 Å². The fraction of sp³-hybridized carbons (Fsp3) is 0. The number of hydrogen-bond acceptors (Lipinski definition) is 2. The van der Waals surface area contributed by atoms with Crippen molar-refractivity contribution in [1.29, 1.82) is 0 Å². The van der Waals surface area contributed by atoms with Crippen LogP contribution in [-0.4, -0.2) is 0 Å². The van der Waals surface area contributed by atoms with E-state index >= 15 is 0 Å². The molecule has 0 unspecified atom stereocenters. The van der Waals surface area contributed by atoms with E-state index in [1.165, 1.54) is 10.1 Å². The van der Waals surface area contributed by atoms with Gasteiger partial charge in [-0.25, -0.2) is 0 Å². The summed E-state index contributed by atoms with van der Waals surface area (Å²) in [6.45, 7) is 0. The van der Waals surface area contributed by atoms with Crippen LogP contribution in [0.15, 0.2) is 78.9 Å². The van der Waals surface area contributed by atoms with E-state index in [-0.39, 0.29) is 5.75 Å². The van der Waals surface area contributed by atoms with Gasteiger partial charge in [-0.1, -0.05) is 72.5 Å². The SMILES string of the molecule is [O-]c1c(-c2ccccc2)cccc1-c1cc2ccccc2s1. The lowest BCUT2D eigenvalue weighted by Crippen LogP contribution is -1.96. The largest absolute Gasteiger partial charge is 0.872 e. The number of hydrogen-bond donors (Lipinski definition) is 0. The van der Waals surface area contributed by atoms with Crippen molar-refractivity contribution in [3.8, 4) is 27.3 Å². The van der Waals surface area contributed by atoms with Crippen molar-refractivity contribution in [2.75, 3.05) is 0 Å². The highest BCUT2D eigenvalue weighted by Gasteiger charge is 2.07. The van der Waals surface area contributed by atoms with Gasteiger partial charge in [0.1, 0.15) is 0 Å². The summed E-state index contributed by atoms with van der Waals surface area (Å²) in [7, 11) is 0. The quantitative estimate of drug-likeness (QED) is 0.492. The summed E-state index contributed by atoms with van der Waals surface area (Å²) in [5.74, 6) is 0.0975. The van der Waals surface area contributed by atoms with Crippen LogP contribution in [0.4, 0.5) is 0 Å². The molecule has 3 aromatic carbocycles. The molecule has 0 N–H and O–H groups in total. The summed E-state index contributed by atoms with van der Waals surface area (Å²) < 4.78 is 1.21. The summed E-state index contributed by atoms with van der Waals surface area (Å²) in [5, 5.41) is 14.0. The second-order valence-corrected chi connectivity index (χ2v) is 6.28. The zero-order valence-corrected chi connectivity index (χ0v) is 12.6. The Hall–Kier alpha value is -2.58. The van der Waals surface area contributed by atoms with Crippen molar-refractivity contribution in [2.24, 2.45) is 0 Å². The fourth-order valence-corrected chi connectivity index (χ4v) is 3.78. The second-order valence-electron chi connectivity index (χ2n) is 5.20. The van der Waals surface area contributed by atoms with Gasteiger partial charge in [-0.3, -0.25) is 0 Å². The Morgan fingerprint density at radius 3 is 2.23 bits per heavy atom. The monoisotopic (exact) mass is 301 g/mol. The van der Waals surface area contributed by atoms with E-state index in [4.69, 9.17) is 0 Å². The Balaban J connectivity index is 1.89. The molecular formula is C20H13OS-. The van der Waals surface area contributed by atoms with Crippen molar-refractivity contribution < 1.29 is 5.11 Å². The number of para-hydroxylation sites is 1. The maximum Gasteiger partial charge on any atom is 0.0349 e. The van der Waals surface area contributed by atoms with Crippen LogP contribution in [-0.2, 0) is 0 Å². The van der Waals surface area contributed by atoms with Crippen molar-refractivity contribution in [3.63, 3.8) is 0 Å². The molecule has 4 rings (SSSR count). The molecule has 0 bridgehead atoms. The molecule has 2 heteroatoms. The summed E-state index contributed by atoms with van der Waals surface area (Å²) in [4.78, 5) is 1.03. The lowest BCUT2D eigenvalue weighted by atomic mass is 10.0. The minimum Gasteiger partial charge on any atom is -0.872 e. The standard InChI is InChI=1S/C20H14OS/c21-20-16(14-7-2-1-3-8-14)10-6-11-17(20)19-13-15-9-4-5-12-18(15)22-19/h1-13,21H/p-1. The first-order chi connectivity index (χ1) is 10.8. The smallest absolute Gasteiger partial charge is 0.0349 e. The highest BCUT2D eigenvalue weighted by molar-refractivity contribution is 7.22. The molecule has 22 heavy (non-hydrogen) atoms. The molecule has 0 fully saturated rings. The minimum absolute atomic E-state index is 0.0975. The predicted octanol–water partition coefficient (Wildman–Crippen LogP) is 5.31. The van der Waals surface area contributed by atoms with Gasteiger partial charge in [0.05, 0.1) is 0 Å². The van der Waals surface area contributed by atoms with Crippen LogP contribution in [0.2, 0.25) is 0 Å². The highest BCUT2D eigenvalue weighted by Crippen LogP contribution is 2.40. The Morgan fingerprint density at radius 1 is 0.682 bits per heavy atom. The van der Waals surface area contributed by atoms with Crippen LogP contribution in [0.25, 0.3) is 31.7 Å². The summed E-state index contributed by atoms with van der Waals surface area (Å²) in [6.07, 6.45) is 0. The fourth-order valence-electron chi connectivity index (χ4n) is 2.69. The molecule has 1 aromatic heterocycles. The normalized spacial score (nSPS) is 10.9.